The van der Waals surface area contributed by atoms with Gasteiger partial charge in [-0.1, -0.05) is 55.8 Å². The minimum atomic E-state index is -3.14. The summed E-state index contributed by atoms with van der Waals surface area (Å²) in [7, 11) is -3.14. The molecule has 3 heteroatoms. The fraction of sp³-hybridized carbons (Fsp3) is 0.250. The highest BCUT2D eigenvalue weighted by atomic mass is 32.2. The van der Waals surface area contributed by atoms with Gasteiger partial charge in [-0.05, 0) is 30.2 Å². The van der Waals surface area contributed by atoms with E-state index in [1.807, 2.05) is 51.1 Å². The molecular weight excluding hydrogens is 256 g/mol. The van der Waals surface area contributed by atoms with E-state index in [0.717, 1.165) is 11.1 Å². The Kier molecular flexibility index (Phi) is 5.31. The molecule has 2 aromatic rings. The van der Waals surface area contributed by atoms with Crippen LogP contribution in [0.2, 0.25) is 0 Å². The van der Waals surface area contributed by atoms with Crippen LogP contribution in [-0.4, -0.2) is 14.7 Å². The van der Waals surface area contributed by atoms with Gasteiger partial charge in [0.05, 0.1) is 4.90 Å². The van der Waals surface area contributed by atoms with Crippen molar-refractivity contribution in [3.05, 3.63) is 54.1 Å². The number of rotatable bonds is 2. The second kappa shape index (κ2) is 6.53. The number of hydrogen-bond donors (Lipinski definition) is 0. The van der Waals surface area contributed by atoms with Gasteiger partial charge in [-0.2, -0.15) is 0 Å². The van der Waals surface area contributed by atoms with Crippen LogP contribution in [0.4, 0.5) is 0 Å². The van der Waals surface area contributed by atoms with Crippen molar-refractivity contribution in [3.63, 3.8) is 0 Å². The van der Waals surface area contributed by atoms with E-state index in [9.17, 15) is 8.42 Å². The number of sulfone groups is 1. The molecule has 0 bridgehead atoms. The van der Waals surface area contributed by atoms with Gasteiger partial charge in [-0.25, -0.2) is 8.42 Å². The van der Waals surface area contributed by atoms with Crippen LogP contribution in [0, 0.1) is 6.92 Å². The summed E-state index contributed by atoms with van der Waals surface area (Å²) in [4.78, 5) is 0.357. The van der Waals surface area contributed by atoms with Crippen molar-refractivity contribution < 1.29 is 8.42 Å². The van der Waals surface area contributed by atoms with Crippen LogP contribution in [0.1, 0.15) is 19.4 Å². The molecule has 0 unspecified atom stereocenters. The lowest BCUT2D eigenvalue weighted by Crippen LogP contribution is -1.96. The molecule has 2 rings (SSSR count). The van der Waals surface area contributed by atoms with Crippen molar-refractivity contribution in [1.29, 1.82) is 0 Å². The lowest BCUT2D eigenvalue weighted by Gasteiger charge is -2.04. The zero-order valence-corrected chi connectivity index (χ0v) is 12.7. The molecule has 0 atom stereocenters. The molecule has 0 spiro atoms. The highest BCUT2D eigenvalue weighted by Gasteiger charge is 2.07. The van der Waals surface area contributed by atoms with Gasteiger partial charge in [0.25, 0.3) is 0 Å². The Balaban J connectivity index is 0.000000861. The molecular formula is C16H20O2S. The second-order valence-corrected chi connectivity index (χ2v) is 6.18. The Morgan fingerprint density at radius 2 is 1.42 bits per heavy atom. The third kappa shape index (κ3) is 4.21. The Morgan fingerprint density at radius 3 is 1.95 bits per heavy atom. The van der Waals surface area contributed by atoms with Crippen molar-refractivity contribution in [2.24, 2.45) is 0 Å². The molecule has 19 heavy (non-hydrogen) atoms. The van der Waals surface area contributed by atoms with Gasteiger partial charge in [0, 0.05) is 6.26 Å². The average Bonchev–Trinajstić information content (AvgIpc) is 2.41. The van der Waals surface area contributed by atoms with E-state index in [1.165, 1.54) is 11.8 Å². The summed E-state index contributed by atoms with van der Waals surface area (Å²) in [5, 5.41) is 0. The SMILES string of the molecule is CC.Cc1ccc(-c2cccc(S(C)(=O)=O)c2)cc1. The van der Waals surface area contributed by atoms with Crippen molar-refractivity contribution in [3.8, 4) is 11.1 Å². The van der Waals surface area contributed by atoms with Crippen LogP contribution < -0.4 is 0 Å². The summed E-state index contributed by atoms with van der Waals surface area (Å²) >= 11 is 0. The van der Waals surface area contributed by atoms with E-state index in [-0.39, 0.29) is 0 Å². The van der Waals surface area contributed by atoms with E-state index in [1.54, 1.807) is 18.2 Å². The first-order chi connectivity index (χ1) is 8.97. The van der Waals surface area contributed by atoms with Crippen LogP contribution in [0.15, 0.2) is 53.4 Å². The van der Waals surface area contributed by atoms with E-state index in [4.69, 9.17) is 0 Å². The van der Waals surface area contributed by atoms with Gasteiger partial charge in [0.2, 0.25) is 0 Å². The normalized spacial score (nSPS) is 10.5. The zero-order chi connectivity index (χ0) is 14.5. The van der Waals surface area contributed by atoms with Gasteiger partial charge >= 0.3 is 0 Å². The molecule has 102 valence electrons. The standard InChI is InChI=1S/C14H14O2S.C2H6/c1-11-6-8-12(9-7-11)13-4-3-5-14(10-13)17(2,15)16;1-2/h3-10H,1-2H3;1-2H3. The zero-order valence-electron chi connectivity index (χ0n) is 11.8. The second-order valence-electron chi connectivity index (χ2n) is 4.17. The maximum Gasteiger partial charge on any atom is 0.175 e. The van der Waals surface area contributed by atoms with Crippen LogP contribution >= 0.6 is 0 Å². The largest absolute Gasteiger partial charge is 0.224 e. The Morgan fingerprint density at radius 1 is 0.842 bits per heavy atom. The quantitative estimate of drug-likeness (QED) is 0.828. The summed E-state index contributed by atoms with van der Waals surface area (Å²) in [6, 6.07) is 15.0. The first-order valence-corrected chi connectivity index (χ1v) is 8.23. The van der Waals surface area contributed by atoms with Crippen molar-refractivity contribution >= 4 is 9.84 Å². The molecule has 0 saturated heterocycles. The van der Waals surface area contributed by atoms with Gasteiger partial charge < -0.3 is 0 Å². The molecule has 0 aliphatic carbocycles. The minimum Gasteiger partial charge on any atom is -0.224 e. The fourth-order valence-corrected chi connectivity index (χ4v) is 2.32. The first-order valence-electron chi connectivity index (χ1n) is 6.34. The van der Waals surface area contributed by atoms with Crippen molar-refractivity contribution in [1.82, 2.24) is 0 Å². The highest BCUT2D eigenvalue weighted by Crippen LogP contribution is 2.22. The van der Waals surface area contributed by atoms with Gasteiger partial charge in [-0.3, -0.25) is 0 Å². The maximum absolute atomic E-state index is 11.5. The van der Waals surface area contributed by atoms with E-state index in [2.05, 4.69) is 0 Å². The van der Waals surface area contributed by atoms with Gasteiger partial charge in [-0.15, -0.1) is 0 Å². The predicted molar refractivity (Wildman–Crippen MR) is 81.1 cm³/mol. The van der Waals surface area contributed by atoms with Crippen LogP contribution in [0.3, 0.4) is 0 Å². The fourth-order valence-electron chi connectivity index (χ4n) is 1.65. The summed E-state index contributed by atoms with van der Waals surface area (Å²) < 4.78 is 22.9. The third-order valence-electron chi connectivity index (χ3n) is 2.65. The molecule has 0 aliphatic heterocycles. The minimum absolute atomic E-state index is 0.357. The van der Waals surface area contributed by atoms with E-state index in [0.29, 0.717) is 4.90 Å². The van der Waals surface area contributed by atoms with E-state index < -0.39 is 9.84 Å². The van der Waals surface area contributed by atoms with Crippen LogP contribution in [0.25, 0.3) is 11.1 Å². The monoisotopic (exact) mass is 276 g/mol. The summed E-state index contributed by atoms with van der Waals surface area (Å²) in [5.41, 5.74) is 3.14. The molecule has 0 fully saturated rings. The van der Waals surface area contributed by atoms with Crippen molar-refractivity contribution in [2.45, 2.75) is 25.7 Å². The van der Waals surface area contributed by atoms with Crippen molar-refractivity contribution in [2.75, 3.05) is 6.26 Å². The molecule has 0 aromatic heterocycles. The Bertz CT molecular complexity index is 626. The third-order valence-corrected chi connectivity index (χ3v) is 3.76. The molecule has 0 heterocycles. The predicted octanol–water partition coefficient (Wildman–Crippen LogP) is 4.09. The molecule has 2 nitrogen and oxygen atoms in total. The van der Waals surface area contributed by atoms with Crippen LogP contribution in [0.5, 0.6) is 0 Å². The smallest absolute Gasteiger partial charge is 0.175 e. The number of aryl methyl sites for hydroxylation is 1. The summed E-state index contributed by atoms with van der Waals surface area (Å²) in [6.07, 6.45) is 1.22. The lowest BCUT2D eigenvalue weighted by molar-refractivity contribution is 0.602. The maximum atomic E-state index is 11.5. The van der Waals surface area contributed by atoms with Gasteiger partial charge in [0.15, 0.2) is 9.84 Å². The number of hydrogen-bond acceptors (Lipinski definition) is 2. The average molecular weight is 276 g/mol. The molecule has 0 saturated carbocycles. The molecule has 2 aromatic carbocycles. The highest BCUT2D eigenvalue weighted by molar-refractivity contribution is 7.90. The first kappa shape index (κ1) is 15.4. The molecule has 0 radical (unpaired) electrons. The molecule has 0 amide bonds. The summed E-state index contributed by atoms with van der Waals surface area (Å²) in [6.45, 7) is 6.02. The van der Waals surface area contributed by atoms with Gasteiger partial charge in [0.1, 0.15) is 0 Å². The topological polar surface area (TPSA) is 34.1 Å². The lowest BCUT2D eigenvalue weighted by atomic mass is 10.0. The van der Waals surface area contributed by atoms with Crippen LogP contribution in [-0.2, 0) is 9.84 Å². The van der Waals surface area contributed by atoms with E-state index >= 15 is 0 Å². The Hall–Kier alpha value is -1.61. The molecule has 0 N–H and O–H groups in total. The molecule has 0 aliphatic rings. The summed E-state index contributed by atoms with van der Waals surface area (Å²) in [5.74, 6) is 0. The number of benzene rings is 2. The Labute approximate surface area is 116 Å².